The third-order valence-electron chi connectivity index (χ3n) is 4.15. The summed E-state index contributed by atoms with van der Waals surface area (Å²) in [6.45, 7) is 10.1. The summed E-state index contributed by atoms with van der Waals surface area (Å²) in [6, 6.07) is 8.31. The van der Waals surface area contributed by atoms with E-state index in [2.05, 4.69) is 36.3 Å². The van der Waals surface area contributed by atoms with E-state index in [1.807, 2.05) is 26.0 Å². The number of rotatable bonds is 6. The Hall–Kier alpha value is -1.19. The average molecular weight is 289 g/mol. The number of likely N-dealkylation sites (N-methyl/N-ethyl adjacent to an activating group) is 1. The third kappa shape index (κ3) is 2.79. The van der Waals surface area contributed by atoms with Crippen molar-refractivity contribution < 1.29 is 4.79 Å². The van der Waals surface area contributed by atoms with Gasteiger partial charge < -0.3 is 0 Å². The van der Waals surface area contributed by atoms with E-state index in [9.17, 15) is 4.79 Å². The fourth-order valence-corrected chi connectivity index (χ4v) is 3.71. The molecule has 0 aliphatic heterocycles. The first kappa shape index (κ1) is 15.2. The number of thiophene rings is 1. The molecule has 0 spiro atoms. The molecule has 108 valence electrons. The minimum Gasteiger partial charge on any atom is -0.297 e. The number of fused-ring (bicyclic) bond motifs is 1. The Bertz CT molecular complexity index is 596. The molecule has 0 N–H and O–H groups in total. The van der Waals surface area contributed by atoms with Crippen LogP contribution in [-0.2, 0) is 11.2 Å². The largest absolute Gasteiger partial charge is 0.297 e. The van der Waals surface area contributed by atoms with Crippen molar-refractivity contribution in [2.24, 2.45) is 0 Å². The predicted molar refractivity (Wildman–Crippen MR) is 87.5 cm³/mol. The molecule has 1 aromatic carbocycles. The van der Waals surface area contributed by atoms with Crippen molar-refractivity contribution in [2.45, 2.75) is 39.7 Å². The van der Waals surface area contributed by atoms with Crippen LogP contribution in [0.2, 0.25) is 0 Å². The van der Waals surface area contributed by atoms with Crippen molar-refractivity contribution in [3.05, 3.63) is 35.2 Å². The lowest BCUT2D eigenvalue weighted by Crippen LogP contribution is -2.50. The van der Waals surface area contributed by atoms with E-state index < -0.39 is 5.54 Å². The maximum absolute atomic E-state index is 12.7. The van der Waals surface area contributed by atoms with Gasteiger partial charge in [0.25, 0.3) is 0 Å². The van der Waals surface area contributed by atoms with Gasteiger partial charge in [-0.05, 0) is 49.3 Å². The highest BCUT2D eigenvalue weighted by Crippen LogP contribution is 2.28. The number of ketones is 1. The Morgan fingerprint density at radius 2 is 1.85 bits per heavy atom. The molecule has 1 aromatic heterocycles. The number of carbonyl (C=O) groups excluding carboxylic acids is 1. The van der Waals surface area contributed by atoms with Crippen molar-refractivity contribution in [1.82, 2.24) is 4.90 Å². The molecule has 0 atom stereocenters. The number of carbonyl (C=O) groups is 1. The molecular weight excluding hydrogens is 266 g/mol. The van der Waals surface area contributed by atoms with Crippen molar-refractivity contribution in [3.8, 4) is 0 Å². The first-order valence-electron chi connectivity index (χ1n) is 7.24. The van der Waals surface area contributed by atoms with Crippen LogP contribution in [0.5, 0.6) is 0 Å². The van der Waals surface area contributed by atoms with Crippen LogP contribution in [0.25, 0.3) is 10.1 Å². The van der Waals surface area contributed by atoms with E-state index >= 15 is 0 Å². The number of benzene rings is 1. The zero-order valence-electron chi connectivity index (χ0n) is 12.8. The molecule has 2 aromatic rings. The van der Waals surface area contributed by atoms with E-state index in [0.29, 0.717) is 12.2 Å². The first-order valence-corrected chi connectivity index (χ1v) is 8.12. The van der Waals surface area contributed by atoms with Crippen molar-refractivity contribution in [3.63, 3.8) is 0 Å². The molecule has 1 heterocycles. The minimum absolute atomic E-state index is 0.296. The second kappa shape index (κ2) is 6.06. The third-order valence-corrected chi connectivity index (χ3v) is 5.16. The molecular formula is C17H23NOS. The number of nitrogens with zero attached hydrogens (tertiary/aromatic N) is 1. The standard InChI is InChI=1S/C17H23NOS/c1-5-18(6-2)17(3,4)16(19)11-13-12-20-15-10-8-7-9-14(13)15/h7-10,12H,5-6,11H2,1-4H3. The van der Waals surface area contributed by atoms with Crippen LogP contribution in [0.3, 0.4) is 0 Å². The van der Waals surface area contributed by atoms with Gasteiger partial charge in [0.2, 0.25) is 0 Å². The van der Waals surface area contributed by atoms with Crippen molar-refractivity contribution >= 4 is 27.2 Å². The molecule has 0 amide bonds. The summed E-state index contributed by atoms with van der Waals surface area (Å²) < 4.78 is 1.26. The maximum Gasteiger partial charge on any atom is 0.156 e. The lowest BCUT2D eigenvalue weighted by atomic mass is 9.91. The molecule has 0 saturated carbocycles. The molecule has 20 heavy (non-hydrogen) atoms. The van der Waals surface area contributed by atoms with E-state index in [-0.39, 0.29) is 0 Å². The van der Waals surface area contributed by atoms with Crippen LogP contribution in [0.4, 0.5) is 0 Å². The molecule has 0 aliphatic carbocycles. The lowest BCUT2D eigenvalue weighted by Gasteiger charge is -2.35. The molecule has 0 bridgehead atoms. The molecule has 3 heteroatoms. The van der Waals surface area contributed by atoms with Gasteiger partial charge >= 0.3 is 0 Å². The van der Waals surface area contributed by atoms with Gasteiger partial charge in [0.15, 0.2) is 5.78 Å². The van der Waals surface area contributed by atoms with Crippen LogP contribution in [-0.4, -0.2) is 29.3 Å². The van der Waals surface area contributed by atoms with Gasteiger partial charge in [0.1, 0.15) is 0 Å². The Morgan fingerprint density at radius 3 is 2.50 bits per heavy atom. The topological polar surface area (TPSA) is 20.3 Å². The van der Waals surface area contributed by atoms with Crippen molar-refractivity contribution in [1.29, 1.82) is 0 Å². The fourth-order valence-electron chi connectivity index (χ4n) is 2.75. The molecule has 2 nitrogen and oxygen atoms in total. The first-order chi connectivity index (χ1) is 9.50. The minimum atomic E-state index is -0.396. The molecule has 2 rings (SSSR count). The van der Waals surface area contributed by atoms with Crippen LogP contribution < -0.4 is 0 Å². The van der Waals surface area contributed by atoms with Gasteiger partial charge in [-0.1, -0.05) is 32.0 Å². The number of hydrogen-bond acceptors (Lipinski definition) is 3. The molecule has 0 unspecified atom stereocenters. The van der Waals surface area contributed by atoms with Crippen LogP contribution >= 0.6 is 11.3 Å². The Labute approximate surface area is 125 Å². The maximum atomic E-state index is 12.7. The summed E-state index contributed by atoms with van der Waals surface area (Å²) in [5.41, 5.74) is 0.767. The van der Waals surface area contributed by atoms with Crippen LogP contribution in [0.1, 0.15) is 33.3 Å². The van der Waals surface area contributed by atoms with E-state index in [0.717, 1.165) is 18.7 Å². The zero-order valence-corrected chi connectivity index (χ0v) is 13.6. The summed E-state index contributed by atoms with van der Waals surface area (Å²) >= 11 is 1.72. The molecule has 0 fully saturated rings. The second-order valence-electron chi connectivity index (χ2n) is 5.59. The van der Waals surface area contributed by atoms with Gasteiger partial charge in [-0.15, -0.1) is 11.3 Å². The molecule has 0 radical (unpaired) electrons. The summed E-state index contributed by atoms with van der Waals surface area (Å²) in [5, 5.41) is 3.35. The lowest BCUT2D eigenvalue weighted by molar-refractivity contribution is -0.128. The highest BCUT2D eigenvalue weighted by molar-refractivity contribution is 7.17. The SMILES string of the molecule is CCN(CC)C(C)(C)C(=O)Cc1csc2ccccc12. The number of hydrogen-bond donors (Lipinski definition) is 0. The quantitative estimate of drug-likeness (QED) is 0.797. The van der Waals surface area contributed by atoms with Crippen LogP contribution in [0.15, 0.2) is 29.6 Å². The Balaban J connectivity index is 2.23. The normalized spacial score (nSPS) is 12.2. The highest BCUT2D eigenvalue weighted by atomic mass is 32.1. The Morgan fingerprint density at radius 1 is 1.20 bits per heavy atom. The van der Waals surface area contributed by atoms with Gasteiger partial charge in [0, 0.05) is 11.1 Å². The van der Waals surface area contributed by atoms with E-state index in [1.54, 1.807) is 11.3 Å². The Kier molecular flexibility index (Phi) is 4.61. The summed E-state index contributed by atoms with van der Waals surface area (Å²) in [4.78, 5) is 14.9. The van der Waals surface area contributed by atoms with Crippen molar-refractivity contribution in [2.75, 3.05) is 13.1 Å². The summed E-state index contributed by atoms with van der Waals surface area (Å²) in [5.74, 6) is 0.296. The molecule has 0 aliphatic rings. The summed E-state index contributed by atoms with van der Waals surface area (Å²) in [6.07, 6.45) is 0.521. The van der Waals surface area contributed by atoms with Crippen LogP contribution in [0, 0.1) is 0 Å². The van der Waals surface area contributed by atoms with Gasteiger partial charge in [-0.3, -0.25) is 9.69 Å². The van der Waals surface area contributed by atoms with E-state index in [4.69, 9.17) is 0 Å². The monoisotopic (exact) mass is 289 g/mol. The predicted octanol–water partition coefficient (Wildman–Crippen LogP) is 4.13. The van der Waals surface area contributed by atoms with Gasteiger partial charge in [-0.25, -0.2) is 0 Å². The van der Waals surface area contributed by atoms with E-state index in [1.165, 1.54) is 10.1 Å². The zero-order chi connectivity index (χ0) is 14.8. The highest BCUT2D eigenvalue weighted by Gasteiger charge is 2.32. The van der Waals surface area contributed by atoms with Gasteiger partial charge in [-0.2, -0.15) is 0 Å². The molecule has 0 saturated heterocycles. The second-order valence-corrected chi connectivity index (χ2v) is 6.50. The smallest absolute Gasteiger partial charge is 0.156 e. The summed E-state index contributed by atoms with van der Waals surface area (Å²) in [7, 11) is 0. The number of Topliss-reactive ketones (excluding diaryl/α,β-unsaturated/α-hetero) is 1. The van der Waals surface area contributed by atoms with Gasteiger partial charge in [0.05, 0.1) is 5.54 Å². The fraction of sp³-hybridized carbons (Fsp3) is 0.471. The average Bonchev–Trinajstić information content (AvgIpc) is 2.83.